The maximum atomic E-state index is 11.0. The summed E-state index contributed by atoms with van der Waals surface area (Å²) >= 11 is 0. The first-order chi connectivity index (χ1) is 4.77. The van der Waals surface area contributed by atoms with Gasteiger partial charge in [0.25, 0.3) is 0 Å². The van der Waals surface area contributed by atoms with E-state index in [9.17, 15) is 4.79 Å². The van der Waals surface area contributed by atoms with Crippen LogP contribution in [0.15, 0.2) is 0 Å². The van der Waals surface area contributed by atoms with Crippen LogP contribution in [0.3, 0.4) is 0 Å². The van der Waals surface area contributed by atoms with Crippen molar-refractivity contribution < 1.29 is 4.79 Å². The minimum atomic E-state index is 0.268. The number of rotatable bonds is 1. The molecule has 2 nitrogen and oxygen atoms in total. The molecule has 1 atom stereocenters. The van der Waals surface area contributed by atoms with Crippen LogP contribution in [0.4, 0.5) is 0 Å². The monoisotopic (exact) mass is 139 g/mol. The molecule has 0 radical (unpaired) electrons. The quantitative estimate of drug-likeness (QED) is 0.578. The number of carbonyl (C=O) groups excluding carboxylic acids is 1. The van der Waals surface area contributed by atoms with Crippen LogP contribution in [0.1, 0.15) is 32.6 Å². The van der Waals surface area contributed by atoms with E-state index in [1.807, 2.05) is 0 Å². The molecule has 2 heteroatoms. The van der Waals surface area contributed by atoms with Crippen molar-refractivity contribution in [3.63, 3.8) is 0 Å². The molecule has 1 heterocycles. The fourth-order valence-corrected chi connectivity index (χ4v) is 2.05. The van der Waals surface area contributed by atoms with Crippen LogP contribution < -0.4 is 5.32 Å². The van der Waals surface area contributed by atoms with Crippen molar-refractivity contribution in [3.8, 4) is 0 Å². The highest BCUT2D eigenvalue weighted by Crippen LogP contribution is 2.48. The molecule has 2 aliphatic rings. The van der Waals surface area contributed by atoms with E-state index in [-0.39, 0.29) is 11.4 Å². The second kappa shape index (κ2) is 1.74. The van der Waals surface area contributed by atoms with E-state index in [1.165, 1.54) is 12.8 Å². The number of hydrogen-bond acceptors (Lipinski definition) is 1. The summed E-state index contributed by atoms with van der Waals surface area (Å²) < 4.78 is 0. The molecule has 1 aliphatic carbocycles. The molecular formula is C8H13NO. The van der Waals surface area contributed by atoms with Gasteiger partial charge in [-0.3, -0.25) is 4.79 Å². The molecule has 1 amide bonds. The Morgan fingerprint density at radius 3 is 2.80 bits per heavy atom. The predicted octanol–water partition coefficient (Wildman–Crippen LogP) is 1.07. The van der Waals surface area contributed by atoms with Gasteiger partial charge in [-0.2, -0.15) is 0 Å². The highest BCUT2D eigenvalue weighted by Gasteiger charge is 2.54. The van der Waals surface area contributed by atoms with Crippen molar-refractivity contribution in [2.45, 2.75) is 38.1 Å². The summed E-state index contributed by atoms with van der Waals surface area (Å²) in [5.41, 5.74) is 0.284. The average molecular weight is 139 g/mol. The first-order valence-electron chi connectivity index (χ1n) is 4.08. The van der Waals surface area contributed by atoms with E-state index in [0.29, 0.717) is 5.92 Å². The Kier molecular flexibility index (Phi) is 1.08. The van der Waals surface area contributed by atoms with E-state index < -0.39 is 0 Å². The van der Waals surface area contributed by atoms with Crippen LogP contribution in [0.5, 0.6) is 0 Å². The molecule has 1 N–H and O–H groups in total. The van der Waals surface area contributed by atoms with Gasteiger partial charge in [-0.05, 0) is 18.8 Å². The van der Waals surface area contributed by atoms with Gasteiger partial charge >= 0.3 is 0 Å². The summed E-state index contributed by atoms with van der Waals surface area (Å²) in [6.45, 7) is 2.17. The lowest BCUT2D eigenvalue weighted by atomic mass is 9.96. The highest BCUT2D eigenvalue weighted by atomic mass is 16.2. The summed E-state index contributed by atoms with van der Waals surface area (Å²) in [6.07, 6.45) is 4.36. The molecule has 1 spiro atoms. The van der Waals surface area contributed by atoms with Gasteiger partial charge < -0.3 is 5.32 Å². The van der Waals surface area contributed by atoms with Crippen LogP contribution in [0.2, 0.25) is 0 Å². The lowest BCUT2D eigenvalue weighted by Gasteiger charge is -2.13. The Morgan fingerprint density at radius 2 is 2.40 bits per heavy atom. The summed E-state index contributed by atoms with van der Waals surface area (Å²) in [5.74, 6) is 0.907. The van der Waals surface area contributed by atoms with E-state index in [1.54, 1.807) is 0 Å². The van der Waals surface area contributed by atoms with Crippen molar-refractivity contribution in [3.05, 3.63) is 0 Å². The second-order valence-corrected chi connectivity index (χ2v) is 3.51. The third-order valence-electron chi connectivity index (χ3n) is 2.88. The highest BCUT2D eigenvalue weighted by molar-refractivity contribution is 5.80. The van der Waals surface area contributed by atoms with Crippen LogP contribution in [-0.4, -0.2) is 11.4 Å². The molecule has 10 heavy (non-hydrogen) atoms. The lowest BCUT2D eigenvalue weighted by Crippen LogP contribution is -2.30. The van der Waals surface area contributed by atoms with Gasteiger partial charge in [-0.15, -0.1) is 0 Å². The van der Waals surface area contributed by atoms with Gasteiger partial charge in [0, 0.05) is 12.0 Å². The fourth-order valence-electron chi connectivity index (χ4n) is 2.05. The lowest BCUT2D eigenvalue weighted by molar-refractivity contribution is -0.119. The first-order valence-corrected chi connectivity index (χ1v) is 4.08. The maximum absolute atomic E-state index is 11.0. The third-order valence-corrected chi connectivity index (χ3v) is 2.88. The van der Waals surface area contributed by atoms with Crippen LogP contribution in [0, 0.1) is 5.92 Å². The van der Waals surface area contributed by atoms with Crippen molar-refractivity contribution in [1.29, 1.82) is 0 Å². The summed E-state index contributed by atoms with van der Waals surface area (Å²) in [4.78, 5) is 11.0. The summed E-state index contributed by atoms with van der Waals surface area (Å²) in [5, 5.41) is 3.07. The van der Waals surface area contributed by atoms with Gasteiger partial charge in [-0.25, -0.2) is 0 Å². The Labute approximate surface area is 61.0 Å². The van der Waals surface area contributed by atoms with Gasteiger partial charge in [0.05, 0.1) is 0 Å². The summed E-state index contributed by atoms with van der Waals surface area (Å²) in [7, 11) is 0. The number of carbonyl (C=O) groups is 1. The van der Waals surface area contributed by atoms with Crippen molar-refractivity contribution in [2.75, 3.05) is 0 Å². The minimum absolute atomic E-state index is 0.268. The molecule has 56 valence electrons. The van der Waals surface area contributed by atoms with Gasteiger partial charge in [0.2, 0.25) is 5.91 Å². The first kappa shape index (κ1) is 6.20. The number of hydrogen-bond donors (Lipinski definition) is 1. The van der Waals surface area contributed by atoms with Gasteiger partial charge in [0.1, 0.15) is 0 Å². The van der Waals surface area contributed by atoms with Gasteiger partial charge in [-0.1, -0.05) is 13.3 Å². The van der Waals surface area contributed by atoms with Crippen molar-refractivity contribution in [1.82, 2.24) is 5.32 Å². The second-order valence-electron chi connectivity index (χ2n) is 3.51. The SMILES string of the molecule is CCC1CC(=O)NC12CC2. The third kappa shape index (κ3) is 0.678. The van der Waals surface area contributed by atoms with Crippen molar-refractivity contribution in [2.24, 2.45) is 5.92 Å². The molecule has 0 aromatic carbocycles. The summed E-state index contributed by atoms with van der Waals surface area (Å²) in [6, 6.07) is 0. The molecule has 0 aromatic heterocycles. The molecule has 1 aliphatic heterocycles. The van der Waals surface area contributed by atoms with E-state index in [0.717, 1.165) is 12.8 Å². The molecule has 0 aromatic rings. The van der Waals surface area contributed by atoms with E-state index in [4.69, 9.17) is 0 Å². The topological polar surface area (TPSA) is 29.1 Å². The normalized spacial score (nSPS) is 34.5. The zero-order valence-electron chi connectivity index (χ0n) is 6.31. The molecule has 2 fully saturated rings. The molecule has 0 bridgehead atoms. The Morgan fingerprint density at radius 1 is 1.70 bits per heavy atom. The standard InChI is InChI=1S/C8H13NO/c1-2-6-5-7(10)9-8(6)3-4-8/h6H,2-5H2,1H3,(H,9,10). The number of amides is 1. The van der Waals surface area contributed by atoms with Crippen LogP contribution >= 0.6 is 0 Å². The van der Waals surface area contributed by atoms with E-state index >= 15 is 0 Å². The van der Waals surface area contributed by atoms with Crippen LogP contribution in [-0.2, 0) is 4.79 Å². The number of nitrogens with one attached hydrogen (secondary N) is 1. The molecule has 1 unspecified atom stereocenters. The molecule has 2 rings (SSSR count). The van der Waals surface area contributed by atoms with Gasteiger partial charge in [0.15, 0.2) is 0 Å². The molecule has 1 saturated heterocycles. The fraction of sp³-hybridized carbons (Fsp3) is 0.875. The Balaban J connectivity index is 2.13. The van der Waals surface area contributed by atoms with E-state index in [2.05, 4.69) is 12.2 Å². The Bertz CT molecular complexity index is 172. The largest absolute Gasteiger partial charge is 0.350 e. The Hall–Kier alpha value is -0.530. The zero-order valence-corrected chi connectivity index (χ0v) is 6.31. The predicted molar refractivity (Wildman–Crippen MR) is 38.5 cm³/mol. The maximum Gasteiger partial charge on any atom is 0.220 e. The minimum Gasteiger partial charge on any atom is -0.350 e. The average Bonchev–Trinajstić information content (AvgIpc) is 2.55. The zero-order chi connectivity index (χ0) is 7.19. The smallest absolute Gasteiger partial charge is 0.220 e. The van der Waals surface area contributed by atoms with Crippen LogP contribution in [0.25, 0.3) is 0 Å². The molecule has 1 saturated carbocycles. The van der Waals surface area contributed by atoms with Crippen molar-refractivity contribution >= 4 is 5.91 Å². The molecular weight excluding hydrogens is 126 g/mol.